The average Bonchev–Trinajstić information content (AvgIpc) is 3.00. The predicted molar refractivity (Wildman–Crippen MR) is 86.8 cm³/mol. The molecule has 108 valence electrons. The number of rotatable bonds is 2. The number of nitrogens with zero attached hydrogens (tertiary/aromatic N) is 1. The van der Waals surface area contributed by atoms with E-state index < -0.39 is 0 Å². The number of carbonyl (C=O) groups is 1. The smallest absolute Gasteiger partial charge is 0.248 e. The Hall–Kier alpha value is -2.88. The van der Waals surface area contributed by atoms with Crippen LogP contribution in [0.1, 0.15) is 23.5 Å². The van der Waals surface area contributed by atoms with Crippen LogP contribution in [-0.4, -0.2) is 16.6 Å². The number of hydrogen-bond donors (Lipinski definition) is 2. The van der Waals surface area contributed by atoms with Gasteiger partial charge < -0.3 is 4.98 Å². The number of benzene rings is 2. The van der Waals surface area contributed by atoms with E-state index in [1.807, 2.05) is 60.8 Å². The van der Waals surface area contributed by atoms with Crippen LogP contribution in [0.4, 0.5) is 0 Å². The number of amides is 1. The van der Waals surface area contributed by atoms with Crippen LogP contribution in [0.25, 0.3) is 10.9 Å². The minimum atomic E-state index is -0.219. The first-order valence-corrected chi connectivity index (χ1v) is 7.31. The second-order valence-electron chi connectivity index (χ2n) is 5.45. The van der Waals surface area contributed by atoms with Gasteiger partial charge in [-0.1, -0.05) is 48.5 Å². The fourth-order valence-electron chi connectivity index (χ4n) is 2.98. The van der Waals surface area contributed by atoms with E-state index in [9.17, 15) is 4.79 Å². The van der Waals surface area contributed by atoms with Crippen molar-refractivity contribution in [1.29, 1.82) is 0 Å². The number of para-hydroxylation sites is 1. The number of hydrazone groups is 1. The van der Waals surface area contributed by atoms with Crippen LogP contribution in [-0.2, 0) is 4.79 Å². The SMILES string of the molecule is O=C1NN=C(c2ccccc2)C[C@H]1c1c[nH]c2ccccc12. The Morgan fingerprint density at radius 2 is 1.77 bits per heavy atom. The van der Waals surface area contributed by atoms with Gasteiger partial charge in [0.05, 0.1) is 11.6 Å². The van der Waals surface area contributed by atoms with Crippen LogP contribution in [0.15, 0.2) is 65.9 Å². The summed E-state index contributed by atoms with van der Waals surface area (Å²) in [6.07, 6.45) is 2.54. The van der Waals surface area contributed by atoms with E-state index >= 15 is 0 Å². The summed E-state index contributed by atoms with van der Waals surface area (Å²) < 4.78 is 0. The third kappa shape index (κ3) is 2.09. The molecule has 2 heterocycles. The summed E-state index contributed by atoms with van der Waals surface area (Å²) in [4.78, 5) is 15.5. The number of aromatic amines is 1. The van der Waals surface area contributed by atoms with Gasteiger partial charge in [0.25, 0.3) is 0 Å². The first kappa shape index (κ1) is 12.8. The van der Waals surface area contributed by atoms with Gasteiger partial charge in [-0.2, -0.15) is 5.10 Å². The molecule has 1 amide bonds. The van der Waals surface area contributed by atoms with Crippen molar-refractivity contribution in [3.8, 4) is 0 Å². The highest BCUT2D eigenvalue weighted by molar-refractivity contribution is 6.07. The molecular weight excluding hydrogens is 274 g/mol. The van der Waals surface area contributed by atoms with Crippen molar-refractivity contribution in [1.82, 2.24) is 10.4 Å². The minimum Gasteiger partial charge on any atom is -0.361 e. The van der Waals surface area contributed by atoms with Crippen molar-refractivity contribution >= 4 is 22.5 Å². The molecule has 4 rings (SSSR count). The Morgan fingerprint density at radius 1 is 1.00 bits per heavy atom. The van der Waals surface area contributed by atoms with Crippen LogP contribution >= 0.6 is 0 Å². The molecule has 2 N–H and O–H groups in total. The predicted octanol–water partition coefficient (Wildman–Crippen LogP) is 3.18. The molecule has 0 aliphatic carbocycles. The van der Waals surface area contributed by atoms with Crippen molar-refractivity contribution in [2.24, 2.45) is 5.10 Å². The lowest BCUT2D eigenvalue weighted by Crippen LogP contribution is -2.33. The number of nitrogens with one attached hydrogen (secondary N) is 2. The van der Waals surface area contributed by atoms with Crippen LogP contribution in [0, 0.1) is 0 Å². The fraction of sp³-hybridized carbons (Fsp3) is 0.111. The number of aromatic nitrogens is 1. The monoisotopic (exact) mass is 289 g/mol. The highest BCUT2D eigenvalue weighted by Crippen LogP contribution is 2.30. The maximum Gasteiger partial charge on any atom is 0.248 e. The van der Waals surface area contributed by atoms with Gasteiger partial charge in [-0.15, -0.1) is 0 Å². The van der Waals surface area contributed by atoms with Crippen molar-refractivity contribution in [2.45, 2.75) is 12.3 Å². The van der Waals surface area contributed by atoms with Gasteiger partial charge in [0.2, 0.25) is 5.91 Å². The molecule has 0 saturated carbocycles. The van der Waals surface area contributed by atoms with Gasteiger partial charge in [0.15, 0.2) is 0 Å². The Kier molecular flexibility index (Phi) is 3.00. The van der Waals surface area contributed by atoms with E-state index in [1.165, 1.54) is 0 Å². The topological polar surface area (TPSA) is 57.2 Å². The lowest BCUT2D eigenvalue weighted by atomic mass is 9.89. The largest absolute Gasteiger partial charge is 0.361 e. The normalized spacial score (nSPS) is 18.1. The molecule has 2 aromatic carbocycles. The van der Waals surface area contributed by atoms with Crippen LogP contribution < -0.4 is 5.43 Å². The molecule has 1 atom stereocenters. The molecule has 1 aliphatic rings. The Bertz CT molecular complexity index is 864. The Balaban J connectivity index is 1.73. The first-order chi connectivity index (χ1) is 10.8. The van der Waals surface area contributed by atoms with E-state index in [0.29, 0.717) is 6.42 Å². The maximum absolute atomic E-state index is 12.3. The zero-order valence-corrected chi connectivity index (χ0v) is 11.9. The molecule has 1 aliphatic heterocycles. The number of fused-ring (bicyclic) bond motifs is 1. The Morgan fingerprint density at radius 3 is 2.64 bits per heavy atom. The van der Waals surface area contributed by atoms with Crippen LogP contribution in [0.3, 0.4) is 0 Å². The number of H-pyrrole nitrogens is 1. The lowest BCUT2D eigenvalue weighted by molar-refractivity contribution is -0.122. The molecule has 0 spiro atoms. The van der Waals surface area contributed by atoms with Gasteiger partial charge >= 0.3 is 0 Å². The molecule has 0 bridgehead atoms. The van der Waals surface area contributed by atoms with Gasteiger partial charge in [0.1, 0.15) is 0 Å². The Labute approximate surface area is 127 Å². The molecule has 22 heavy (non-hydrogen) atoms. The molecule has 0 radical (unpaired) electrons. The van der Waals surface area contributed by atoms with Crippen LogP contribution in [0.5, 0.6) is 0 Å². The summed E-state index contributed by atoms with van der Waals surface area (Å²) >= 11 is 0. The molecule has 0 fully saturated rings. The minimum absolute atomic E-state index is 0.0514. The summed E-state index contributed by atoms with van der Waals surface area (Å²) in [5.74, 6) is -0.270. The second-order valence-corrected chi connectivity index (χ2v) is 5.45. The zero-order valence-electron chi connectivity index (χ0n) is 11.9. The zero-order chi connectivity index (χ0) is 14.9. The third-order valence-corrected chi connectivity index (χ3v) is 4.12. The van der Waals surface area contributed by atoms with Gasteiger partial charge in [-0.05, 0) is 17.2 Å². The van der Waals surface area contributed by atoms with Gasteiger partial charge in [-0.3, -0.25) is 4.79 Å². The molecular formula is C18H15N3O. The summed E-state index contributed by atoms with van der Waals surface area (Å²) in [7, 11) is 0. The highest BCUT2D eigenvalue weighted by atomic mass is 16.2. The molecule has 0 saturated heterocycles. The van der Waals surface area contributed by atoms with E-state index in [-0.39, 0.29) is 11.8 Å². The quantitative estimate of drug-likeness (QED) is 0.748. The van der Waals surface area contributed by atoms with Gasteiger partial charge in [0, 0.05) is 23.5 Å². The van der Waals surface area contributed by atoms with Crippen molar-refractivity contribution in [3.63, 3.8) is 0 Å². The lowest BCUT2D eigenvalue weighted by Gasteiger charge is -2.21. The van der Waals surface area contributed by atoms with Crippen molar-refractivity contribution < 1.29 is 4.79 Å². The fourth-order valence-corrected chi connectivity index (χ4v) is 2.98. The van der Waals surface area contributed by atoms with E-state index in [2.05, 4.69) is 15.5 Å². The highest BCUT2D eigenvalue weighted by Gasteiger charge is 2.29. The second kappa shape index (κ2) is 5.15. The van der Waals surface area contributed by atoms with Crippen LogP contribution in [0.2, 0.25) is 0 Å². The maximum atomic E-state index is 12.3. The van der Waals surface area contributed by atoms with E-state index in [4.69, 9.17) is 0 Å². The molecule has 1 aromatic heterocycles. The van der Waals surface area contributed by atoms with Crippen molar-refractivity contribution in [2.75, 3.05) is 0 Å². The summed E-state index contributed by atoms with van der Waals surface area (Å²) in [6, 6.07) is 18.0. The third-order valence-electron chi connectivity index (χ3n) is 4.12. The summed E-state index contributed by atoms with van der Waals surface area (Å²) in [5, 5.41) is 5.32. The molecule has 0 unspecified atom stereocenters. The molecule has 4 nitrogen and oxygen atoms in total. The molecule has 4 heteroatoms. The van der Waals surface area contributed by atoms with E-state index in [0.717, 1.165) is 27.7 Å². The van der Waals surface area contributed by atoms with Gasteiger partial charge in [-0.25, -0.2) is 5.43 Å². The summed E-state index contributed by atoms with van der Waals surface area (Å²) in [5.41, 5.74) is 6.70. The van der Waals surface area contributed by atoms with Crippen molar-refractivity contribution in [3.05, 3.63) is 71.9 Å². The number of hydrogen-bond acceptors (Lipinski definition) is 2. The summed E-state index contributed by atoms with van der Waals surface area (Å²) in [6.45, 7) is 0. The number of carbonyl (C=O) groups excluding carboxylic acids is 1. The molecule has 3 aromatic rings. The van der Waals surface area contributed by atoms with E-state index in [1.54, 1.807) is 0 Å². The average molecular weight is 289 g/mol. The standard InChI is InChI=1S/C18H15N3O/c22-18-14(15-11-19-16-9-5-4-8-13(15)16)10-17(20-21-18)12-6-2-1-3-7-12/h1-9,11,14,19H,10H2,(H,21,22)/t14-/m0/s1. The first-order valence-electron chi connectivity index (χ1n) is 7.31.